The van der Waals surface area contributed by atoms with Crippen LogP contribution in [0.4, 0.5) is 14.7 Å². The summed E-state index contributed by atoms with van der Waals surface area (Å²) in [5.41, 5.74) is 5.84. The van der Waals surface area contributed by atoms with Crippen molar-refractivity contribution in [1.82, 2.24) is 19.7 Å². The minimum atomic E-state index is -0.938. The summed E-state index contributed by atoms with van der Waals surface area (Å²) in [6.07, 6.45) is 1.35. The lowest BCUT2D eigenvalue weighted by molar-refractivity contribution is -0.131. The van der Waals surface area contributed by atoms with Gasteiger partial charge in [-0.2, -0.15) is 0 Å². The van der Waals surface area contributed by atoms with E-state index in [0.717, 1.165) is 12.1 Å². The van der Waals surface area contributed by atoms with Gasteiger partial charge in [-0.05, 0) is 17.7 Å². The molecule has 1 amide bonds. The normalized spacial score (nSPS) is 10.6. The molecule has 20 heavy (non-hydrogen) atoms. The monoisotopic (exact) mass is 281 g/mol. The lowest BCUT2D eigenvalue weighted by atomic mass is 10.2. The second kappa shape index (κ2) is 5.64. The van der Waals surface area contributed by atoms with Crippen molar-refractivity contribution in [2.24, 2.45) is 0 Å². The maximum atomic E-state index is 13.1. The summed E-state index contributed by atoms with van der Waals surface area (Å²) in [5.74, 6) is -2.02. The van der Waals surface area contributed by atoms with E-state index in [2.05, 4.69) is 10.1 Å². The van der Waals surface area contributed by atoms with Crippen LogP contribution in [0.1, 0.15) is 5.56 Å². The number of anilines is 1. The summed E-state index contributed by atoms with van der Waals surface area (Å²) < 4.78 is 27.2. The van der Waals surface area contributed by atoms with E-state index in [1.165, 1.54) is 22.0 Å². The second-order valence-electron chi connectivity index (χ2n) is 4.30. The van der Waals surface area contributed by atoms with Gasteiger partial charge in [0, 0.05) is 13.6 Å². The minimum absolute atomic E-state index is 0.0234. The number of nitrogens with two attached hydrogens (primary N) is 1. The van der Waals surface area contributed by atoms with E-state index in [9.17, 15) is 13.6 Å². The quantitative estimate of drug-likeness (QED) is 0.899. The van der Waals surface area contributed by atoms with Crippen molar-refractivity contribution >= 4 is 11.9 Å². The molecule has 2 rings (SSSR count). The van der Waals surface area contributed by atoms with E-state index in [0.29, 0.717) is 5.56 Å². The molecule has 1 heterocycles. The zero-order chi connectivity index (χ0) is 14.7. The van der Waals surface area contributed by atoms with Crippen molar-refractivity contribution in [3.05, 3.63) is 41.7 Å². The first-order valence-electron chi connectivity index (χ1n) is 5.78. The lowest BCUT2D eigenvalue weighted by Crippen LogP contribution is -2.30. The zero-order valence-electron chi connectivity index (χ0n) is 10.8. The lowest BCUT2D eigenvalue weighted by Gasteiger charge is -2.17. The van der Waals surface area contributed by atoms with Gasteiger partial charge in [0.05, 0.1) is 0 Å². The number of nitrogen functional groups attached to an aromatic ring is 1. The van der Waals surface area contributed by atoms with Crippen molar-refractivity contribution in [3.8, 4) is 0 Å². The molecule has 0 saturated carbocycles. The predicted octanol–water partition coefficient (Wildman–Crippen LogP) is 0.797. The Labute approximate surface area is 113 Å². The van der Waals surface area contributed by atoms with Crippen LogP contribution in [0.3, 0.4) is 0 Å². The number of rotatable bonds is 4. The van der Waals surface area contributed by atoms with Crippen molar-refractivity contribution in [2.75, 3.05) is 12.8 Å². The largest absolute Gasteiger partial charge is 0.367 e. The van der Waals surface area contributed by atoms with Gasteiger partial charge in [-0.15, -0.1) is 5.10 Å². The smallest absolute Gasteiger partial charge is 0.244 e. The van der Waals surface area contributed by atoms with Crippen LogP contribution in [0.2, 0.25) is 0 Å². The third kappa shape index (κ3) is 3.28. The van der Waals surface area contributed by atoms with E-state index in [1.807, 2.05) is 0 Å². The Morgan fingerprint density at radius 1 is 1.40 bits per heavy atom. The number of hydrogen-bond acceptors (Lipinski definition) is 4. The molecule has 0 aliphatic carbocycles. The first-order valence-corrected chi connectivity index (χ1v) is 5.78. The Balaban J connectivity index is 1.98. The molecule has 0 fully saturated rings. The molecule has 0 unspecified atom stereocenters. The van der Waals surface area contributed by atoms with E-state index in [1.54, 1.807) is 7.05 Å². The highest BCUT2D eigenvalue weighted by Gasteiger charge is 2.12. The fourth-order valence-corrected chi connectivity index (χ4v) is 1.64. The van der Waals surface area contributed by atoms with Crippen LogP contribution < -0.4 is 5.73 Å². The SMILES string of the molecule is CN(Cc1ccc(F)c(F)c1)C(=O)Cn1cnc(N)n1. The van der Waals surface area contributed by atoms with Crippen molar-refractivity contribution in [1.29, 1.82) is 0 Å². The Hall–Kier alpha value is -2.51. The molecular weight excluding hydrogens is 268 g/mol. The first-order chi connectivity index (χ1) is 9.45. The van der Waals surface area contributed by atoms with Crippen molar-refractivity contribution in [2.45, 2.75) is 13.1 Å². The summed E-state index contributed by atoms with van der Waals surface area (Å²) in [4.78, 5) is 17.0. The van der Waals surface area contributed by atoms with Gasteiger partial charge in [0.1, 0.15) is 12.9 Å². The molecule has 6 nitrogen and oxygen atoms in total. The molecule has 0 spiro atoms. The van der Waals surface area contributed by atoms with Gasteiger partial charge >= 0.3 is 0 Å². The molecule has 1 aromatic heterocycles. The van der Waals surface area contributed by atoms with Gasteiger partial charge in [0.25, 0.3) is 0 Å². The van der Waals surface area contributed by atoms with Crippen LogP contribution in [0.5, 0.6) is 0 Å². The summed E-state index contributed by atoms with van der Waals surface area (Å²) in [5, 5.41) is 3.79. The number of halogens is 2. The maximum absolute atomic E-state index is 13.1. The highest BCUT2D eigenvalue weighted by atomic mass is 19.2. The van der Waals surface area contributed by atoms with E-state index < -0.39 is 11.6 Å². The predicted molar refractivity (Wildman–Crippen MR) is 67.3 cm³/mol. The number of carbonyl (C=O) groups is 1. The molecule has 1 aromatic carbocycles. The molecule has 2 aromatic rings. The third-order valence-electron chi connectivity index (χ3n) is 2.68. The summed E-state index contributed by atoms with van der Waals surface area (Å²) in [6.45, 7) is 0.143. The Kier molecular flexibility index (Phi) is 3.92. The highest BCUT2D eigenvalue weighted by molar-refractivity contribution is 5.75. The summed E-state index contributed by atoms with van der Waals surface area (Å²) in [7, 11) is 1.56. The van der Waals surface area contributed by atoms with E-state index >= 15 is 0 Å². The van der Waals surface area contributed by atoms with E-state index in [-0.39, 0.29) is 24.9 Å². The third-order valence-corrected chi connectivity index (χ3v) is 2.68. The number of carbonyl (C=O) groups excluding carboxylic acids is 1. The molecule has 0 saturated heterocycles. The topological polar surface area (TPSA) is 77.0 Å². The Morgan fingerprint density at radius 2 is 2.15 bits per heavy atom. The molecule has 0 atom stereocenters. The van der Waals surface area contributed by atoms with Gasteiger partial charge in [0.2, 0.25) is 11.9 Å². The molecule has 0 aliphatic heterocycles. The molecule has 2 N–H and O–H groups in total. The molecule has 0 aliphatic rings. The second-order valence-corrected chi connectivity index (χ2v) is 4.30. The highest BCUT2D eigenvalue weighted by Crippen LogP contribution is 2.10. The van der Waals surface area contributed by atoms with Crippen LogP contribution in [0, 0.1) is 11.6 Å². The van der Waals surface area contributed by atoms with Crippen LogP contribution >= 0.6 is 0 Å². The minimum Gasteiger partial charge on any atom is -0.367 e. The average Bonchev–Trinajstić information content (AvgIpc) is 2.79. The fourth-order valence-electron chi connectivity index (χ4n) is 1.64. The number of nitrogens with zero attached hydrogens (tertiary/aromatic N) is 4. The first kappa shape index (κ1) is 13.9. The van der Waals surface area contributed by atoms with Gasteiger partial charge in [-0.3, -0.25) is 4.79 Å². The molecule has 8 heteroatoms. The standard InChI is InChI=1S/C12H13F2N5O/c1-18(5-8-2-3-9(13)10(14)4-8)11(20)6-19-7-16-12(15)17-19/h2-4,7H,5-6H2,1H3,(H2,15,17). The fraction of sp³-hybridized carbons (Fsp3) is 0.250. The molecule has 0 radical (unpaired) electrons. The number of hydrogen-bond donors (Lipinski definition) is 1. The number of likely N-dealkylation sites (N-methyl/N-ethyl adjacent to an activating group) is 1. The summed E-state index contributed by atoms with van der Waals surface area (Å²) in [6, 6.07) is 3.52. The van der Waals surface area contributed by atoms with Crippen LogP contribution in [-0.4, -0.2) is 32.6 Å². The Bertz CT molecular complexity index is 628. The maximum Gasteiger partial charge on any atom is 0.244 e. The zero-order valence-corrected chi connectivity index (χ0v) is 10.8. The average molecular weight is 281 g/mol. The van der Waals surface area contributed by atoms with Crippen LogP contribution in [0.25, 0.3) is 0 Å². The molecule has 106 valence electrons. The van der Waals surface area contributed by atoms with E-state index in [4.69, 9.17) is 5.73 Å². The molecular formula is C12H13F2N5O. The van der Waals surface area contributed by atoms with Gasteiger partial charge < -0.3 is 10.6 Å². The number of aromatic nitrogens is 3. The van der Waals surface area contributed by atoms with Crippen LogP contribution in [-0.2, 0) is 17.9 Å². The van der Waals surface area contributed by atoms with Crippen molar-refractivity contribution in [3.63, 3.8) is 0 Å². The van der Waals surface area contributed by atoms with Gasteiger partial charge in [0.15, 0.2) is 11.6 Å². The summed E-state index contributed by atoms with van der Waals surface area (Å²) >= 11 is 0. The van der Waals surface area contributed by atoms with Crippen LogP contribution in [0.15, 0.2) is 24.5 Å². The Morgan fingerprint density at radius 3 is 2.75 bits per heavy atom. The number of amides is 1. The van der Waals surface area contributed by atoms with Crippen molar-refractivity contribution < 1.29 is 13.6 Å². The molecule has 0 bridgehead atoms. The van der Waals surface area contributed by atoms with Gasteiger partial charge in [-0.1, -0.05) is 6.07 Å². The van der Waals surface area contributed by atoms with Gasteiger partial charge in [-0.25, -0.2) is 18.4 Å². The number of benzene rings is 1.